The van der Waals surface area contributed by atoms with Crippen LogP contribution in [0, 0.1) is 12.8 Å². The highest BCUT2D eigenvalue weighted by molar-refractivity contribution is 7.89. The van der Waals surface area contributed by atoms with E-state index in [1.807, 2.05) is 38.1 Å². The van der Waals surface area contributed by atoms with E-state index in [1.54, 1.807) is 24.3 Å². The van der Waals surface area contributed by atoms with Crippen LogP contribution < -0.4 is 9.46 Å². The Balaban J connectivity index is 1.99. The highest BCUT2D eigenvalue weighted by Gasteiger charge is 2.34. The highest BCUT2D eigenvalue weighted by atomic mass is 32.2. The molecule has 1 aliphatic rings. The third kappa shape index (κ3) is 3.23. The van der Waals surface area contributed by atoms with Crippen molar-refractivity contribution < 1.29 is 13.2 Å². The number of hydrogen-bond donors (Lipinski definition) is 1. The summed E-state index contributed by atoms with van der Waals surface area (Å²) in [6.07, 6.45) is 0. The lowest BCUT2D eigenvalue weighted by Crippen LogP contribution is -2.39. The molecule has 24 heavy (non-hydrogen) atoms. The van der Waals surface area contributed by atoms with Gasteiger partial charge >= 0.3 is 0 Å². The number of fused-ring (bicyclic) bond motifs is 1. The molecule has 2 aromatic carbocycles. The van der Waals surface area contributed by atoms with Gasteiger partial charge in [-0.25, -0.2) is 13.1 Å². The Morgan fingerprint density at radius 2 is 1.83 bits per heavy atom. The number of sulfonamides is 1. The van der Waals surface area contributed by atoms with Crippen LogP contribution in [0.3, 0.4) is 0 Å². The number of ether oxygens (including phenoxy) is 1. The Bertz CT molecular complexity index is 856. The summed E-state index contributed by atoms with van der Waals surface area (Å²) in [4.78, 5) is 0.262. The standard InChI is InChI=1S/C19H21NO3S/c1-13(2)17-12-23-18-7-5-4-6-16(18)19(17)20-24(21,22)15-10-8-14(3)9-11-15/h4-11,17,19-20H,1,12H2,2-3H3/t17-,19-/m1/s1. The lowest BCUT2D eigenvalue weighted by Gasteiger charge is -2.34. The lowest BCUT2D eigenvalue weighted by atomic mass is 9.87. The van der Waals surface area contributed by atoms with Gasteiger partial charge in [-0.05, 0) is 32.0 Å². The van der Waals surface area contributed by atoms with Crippen molar-refractivity contribution in [2.75, 3.05) is 6.61 Å². The summed E-state index contributed by atoms with van der Waals surface area (Å²) in [5.41, 5.74) is 2.75. The number of nitrogens with one attached hydrogen (secondary N) is 1. The molecule has 0 aliphatic carbocycles. The van der Waals surface area contributed by atoms with E-state index in [0.29, 0.717) is 12.4 Å². The predicted octanol–water partition coefficient (Wildman–Crippen LogP) is 3.60. The SMILES string of the molecule is C=C(C)[C@H]1COc2ccccc2[C@H]1NS(=O)(=O)c1ccc(C)cc1. The summed E-state index contributed by atoms with van der Waals surface area (Å²) in [5.74, 6) is 0.603. The predicted molar refractivity (Wildman–Crippen MR) is 94.5 cm³/mol. The molecule has 0 aromatic heterocycles. The van der Waals surface area contributed by atoms with Crippen LogP contribution in [0.5, 0.6) is 5.75 Å². The summed E-state index contributed by atoms with van der Waals surface area (Å²) in [7, 11) is -3.63. The third-order valence-electron chi connectivity index (χ3n) is 4.32. The van der Waals surface area contributed by atoms with Crippen molar-refractivity contribution in [3.05, 3.63) is 71.8 Å². The maximum Gasteiger partial charge on any atom is 0.241 e. The Morgan fingerprint density at radius 1 is 1.17 bits per heavy atom. The molecule has 1 N–H and O–H groups in total. The molecule has 5 heteroatoms. The Morgan fingerprint density at radius 3 is 2.50 bits per heavy atom. The third-order valence-corrected chi connectivity index (χ3v) is 5.78. The zero-order chi connectivity index (χ0) is 17.3. The second-order valence-corrected chi connectivity index (χ2v) is 7.93. The van der Waals surface area contributed by atoms with Crippen LogP contribution >= 0.6 is 0 Å². The first-order valence-electron chi connectivity index (χ1n) is 7.84. The van der Waals surface area contributed by atoms with Crippen molar-refractivity contribution in [2.45, 2.75) is 24.8 Å². The van der Waals surface area contributed by atoms with Crippen LogP contribution in [0.15, 0.2) is 65.6 Å². The van der Waals surface area contributed by atoms with Gasteiger partial charge in [-0.2, -0.15) is 0 Å². The average molecular weight is 343 g/mol. The second-order valence-electron chi connectivity index (χ2n) is 6.21. The summed E-state index contributed by atoms with van der Waals surface area (Å²) in [5, 5.41) is 0. The molecule has 0 radical (unpaired) electrons. The van der Waals surface area contributed by atoms with Gasteiger partial charge in [-0.15, -0.1) is 0 Å². The van der Waals surface area contributed by atoms with E-state index in [2.05, 4.69) is 11.3 Å². The topological polar surface area (TPSA) is 55.4 Å². The molecule has 2 atom stereocenters. The Hall–Kier alpha value is -2.11. The average Bonchev–Trinajstić information content (AvgIpc) is 2.55. The zero-order valence-electron chi connectivity index (χ0n) is 13.8. The van der Waals surface area contributed by atoms with Crippen molar-refractivity contribution in [3.8, 4) is 5.75 Å². The molecule has 0 bridgehead atoms. The number of hydrogen-bond acceptors (Lipinski definition) is 3. The van der Waals surface area contributed by atoms with Crippen molar-refractivity contribution in [1.29, 1.82) is 0 Å². The van der Waals surface area contributed by atoms with E-state index >= 15 is 0 Å². The maximum absolute atomic E-state index is 12.8. The normalized spacial score (nSPS) is 20.1. The summed E-state index contributed by atoms with van der Waals surface area (Å²) in [6, 6.07) is 14.0. The largest absolute Gasteiger partial charge is 0.493 e. The molecule has 0 saturated heterocycles. The van der Waals surface area contributed by atoms with Crippen LogP contribution in [-0.2, 0) is 10.0 Å². The van der Waals surface area contributed by atoms with Gasteiger partial charge in [-0.1, -0.05) is 48.0 Å². The fraction of sp³-hybridized carbons (Fsp3) is 0.263. The first kappa shape index (κ1) is 16.7. The molecule has 1 heterocycles. The fourth-order valence-electron chi connectivity index (χ4n) is 2.89. The molecule has 0 spiro atoms. The van der Waals surface area contributed by atoms with E-state index < -0.39 is 16.1 Å². The van der Waals surface area contributed by atoms with E-state index in [1.165, 1.54) is 0 Å². The molecule has 1 aliphatic heterocycles. The number of para-hydroxylation sites is 1. The molecular weight excluding hydrogens is 322 g/mol. The minimum Gasteiger partial charge on any atom is -0.493 e. The van der Waals surface area contributed by atoms with E-state index in [-0.39, 0.29) is 10.8 Å². The number of rotatable bonds is 4. The lowest BCUT2D eigenvalue weighted by molar-refractivity contribution is 0.210. The van der Waals surface area contributed by atoms with Crippen LogP contribution in [-0.4, -0.2) is 15.0 Å². The van der Waals surface area contributed by atoms with Crippen LogP contribution in [0.1, 0.15) is 24.1 Å². The van der Waals surface area contributed by atoms with Crippen molar-refractivity contribution >= 4 is 10.0 Å². The number of aryl methyl sites for hydroxylation is 1. The van der Waals surface area contributed by atoms with Gasteiger partial charge in [0, 0.05) is 11.5 Å². The second kappa shape index (κ2) is 6.42. The summed E-state index contributed by atoms with van der Waals surface area (Å²) >= 11 is 0. The molecule has 0 unspecified atom stereocenters. The molecule has 0 amide bonds. The molecule has 0 saturated carbocycles. The summed E-state index contributed by atoms with van der Waals surface area (Å²) < 4.78 is 34.2. The fourth-order valence-corrected chi connectivity index (χ4v) is 4.14. The maximum atomic E-state index is 12.8. The quantitative estimate of drug-likeness (QED) is 0.863. The van der Waals surface area contributed by atoms with Gasteiger partial charge in [0.1, 0.15) is 5.75 Å². The zero-order valence-corrected chi connectivity index (χ0v) is 14.6. The van der Waals surface area contributed by atoms with Gasteiger partial charge in [0.2, 0.25) is 10.0 Å². The van der Waals surface area contributed by atoms with Gasteiger partial charge in [0.15, 0.2) is 0 Å². The van der Waals surface area contributed by atoms with E-state index in [4.69, 9.17) is 4.74 Å². The molecule has 2 aromatic rings. The molecule has 0 fully saturated rings. The van der Waals surface area contributed by atoms with E-state index in [0.717, 1.165) is 16.7 Å². The molecule has 4 nitrogen and oxygen atoms in total. The van der Waals surface area contributed by atoms with Crippen molar-refractivity contribution in [2.24, 2.45) is 5.92 Å². The Labute approximate surface area is 143 Å². The molecule has 126 valence electrons. The van der Waals surface area contributed by atoms with Crippen LogP contribution in [0.2, 0.25) is 0 Å². The van der Waals surface area contributed by atoms with Gasteiger partial charge in [0.05, 0.1) is 17.5 Å². The van der Waals surface area contributed by atoms with Crippen molar-refractivity contribution in [1.82, 2.24) is 4.72 Å². The monoisotopic (exact) mass is 343 g/mol. The van der Waals surface area contributed by atoms with Crippen LogP contribution in [0.25, 0.3) is 0 Å². The highest BCUT2D eigenvalue weighted by Crippen LogP contribution is 2.38. The first-order valence-corrected chi connectivity index (χ1v) is 9.33. The first-order chi connectivity index (χ1) is 11.4. The number of benzene rings is 2. The van der Waals surface area contributed by atoms with Gasteiger partial charge in [0.25, 0.3) is 0 Å². The van der Waals surface area contributed by atoms with E-state index in [9.17, 15) is 8.42 Å². The molecular formula is C19H21NO3S. The Kier molecular flexibility index (Phi) is 4.47. The van der Waals surface area contributed by atoms with Gasteiger partial charge in [-0.3, -0.25) is 0 Å². The minimum atomic E-state index is -3.63. The minimum absolute atomic E-state index is 0.111. The summed E-state index contributed by atoms with van der Waals surface area (Å²) in [6.45, 7) is 8.24. The van der Waals surface area contributed by atoms with Gasteiger partial charge < -0.3 is 4.74 Å². The smallest absolute Gasteiger partial charge is 0.241 e. The van der Waals surface area contributed by atoms with Crippen molar-refractivity contribution in [3.63, 3.8) is 0 Å². The molecule has 3 rings (SSSR count). The van der Waals surface area contributed by atoms with Crippen LogP contribution in [0.4, 0.5) is 0 Å².